The molecule has 2 atom stereocenters. The van der Waals surface area contributed by atoms with Crippen LogP contribution in [-0.2, 0) is 0 Å². The van der Waals surface area contributed by atoms with Gasteiger partial charge in [-0.25, -0.2) is 0 Å². The minimum atomic E-state index is 0.552. The third kappa shape index (κ3) is 1.54. The van der Waals surface area contributed by atoms with Gasteiger partial charge >= 0.3 is 0 Å². The summed E-state index contributed by atoms with van der Waals surface area (Å²) in [7, 11) is 0. The lowest BCUT2D eigenvalue weighted by Gasteiger charge is -2.03. The van der Waals surface area contributed by atoms with E-state index >= 15 is 0 Å². The Morgan fingerprint density at radius 1 is 1.88 bits per heavy atom. The molecular weight excluding hydrogens is 142 g/mol. The molecule has 1 aliphatic heterocycles. The summed E-state index contributed by atoms with van der Waals surface area (Å²) >= 11 is 7.53. The van der Waals surface area contributed by atoms with Crippen molar-refractivity contribution >= 4 is 23.4 Å². The topological polar surface area (TPSA) is 12.0 Å². The summed E-state index contributed by atoms with van der Waals surface area (Å²) in [6.45, 7) is 2.16. The Labute approximate surface area is 59.2 Å². The van der Waals surface area contributed by atoms with E-state index in [0.717, 1.165) is 5.88 Å². The van der Waals surface area contributed by atoms with Crippen molar-refractivity contribution in [2.24, 2.45) is 0 Å². The van der Waals surface area contributed by atoms with E-state index in [-0.39, 0.29) is 0 Å². The van der Waals surface area contributed by atoms with Crippen molar-refractivity contribution in [1.29, 1.82) is 0 Å². The van der Waals surface area contributed by atoms with Crippen molar-refractivity contribution in [3.8, 4) is 0 Å². The third-order valence-corrected chi connectivity index (χ3v) is 2.81. The van der Waals surface area contributed by atoms with Crippen molar-refractivity contribution in [3.63, 3.8) is 0 Å². The summed E-state index contributed by atoms with van der Waals surface area (Å²) in [5, 5.41) is 3.94. The highest BCUT2D eigenvalue weighted by atomic mass is 35.5. The summed E-state index contributed by atoms with van der Waals surface area (Å²) in [5.41, 5.74) is 0. The van der Waals surface area contributed by atoms with Crippen molar-refractivity contribution < 1.29 is 0 Å². The van der Waals surface area contributed by atoms with E-state index in [0.29, 0.717) is 11.4 Å². The monoisotopic (exact) mass is 151 g/mol. The van der Waals surface area contributed by atoms with Crippen molar-refractivity contribution in [2.45, 2.75) is 18.3 Å². The van der Waals surface area contributed by atoms with Crippen LogP contribution in [-0.4, -0.2) is 23.0 Å². The smallest absolute Gasteiger partial charge is 0.0506 e. The van der Waals surface area contributed by atoms with E-state index in [1.807, 2.05) is 11.8 Å². The number of alkyl halides is 1. The predicted octanol–water partition coefficient (Wildman–Crippen LogP) is 1.28. The highest BCUT2D eigenvalue weighted by Crippen LogP contribution is 2.17. The van der Waals surface area contributed by atoms with Crippen LogP contribution in [0.4, 0.5) is 0 Å². The molecule has 3 heteroatoms. The van der Waals surface area contributed by atoms with E-state index in [2.05, 4.69) is 12.2 Å². The van der Waals surface area contributed by atoms with Gasteiger partial charge in [0.2, 0.25) is 0 Å². The normalized spacial score (nSPS) is 38.2. The molecule has 0 bridgehead atoms. The molecule has 0 radical (unpaired) electrons. The zero-order chi connectivity index (χ0) is 5.98. The lowest BCUT2D eigenvalue weighted by Crippen LogP contribution is -2.29. The van der Waals surface area contributed by atoms with E-state index in [4.69, 9.17) is 11.6 Å². The number of nitrogens with one attached hydrogen (secondary N) is 1. The second-order valence-electron chi connectivity index (χ2n) is 1.99. The van der Waals surface area contributed by atoms with Crippen molar-refractivity contribution in [3.05, 3.63) is 0 Å². The van der Waals surface area contributed by atoms with Gasteiger partial charge in [-0.05, 0) is 6.92 Å². The molecule has 0 aliphatic carbocycles. The summed E-state index contributed by atoms with van der Waals surface area (Å²) in [4.78, 5) is 0. The maximum Gasteiger partial charge on any atom is 0.0506 e. The van der Waals surface area contributed by atoms with Gasteiger partial charge in [-0.1, -0.05) is 0 Å². The van der Waals surface area contributed by atoms with Gasteiger partial charge in [0.05, 0.1) is 5.37 Å². The Kier molecular flexibility index (Phi) is 2.47. The van der Waals surface area contributed by atoms with Gasteiger partial charge < -0.3 is 5.32 Å². The van der Waals surface area contributed by atoms with Gasteiger partial charge in [0.1, 0.15) is 0 Å². The summed E-state index contributed by atoms with van der Waals surface area (Å²) < 4.78 is 0. The molecule has 1 nitrogen and oxygen atoms in total. The van der Waals surface area contributed by atoms with E-state index in [1.54, 1.807) is 0 Å². The second-order valence-corrected chi connectivity index (χ2v) is 3.68. The quantitative estimate of drug-likeness (QED) is 0.567. The van der Waals surface area contributed by atoms with Gasteiger partial charge in [-0.15, -0.1) is 23.4 Å². The average Bonchev–Trinajstić information content (AvgIpc) is 2.14. The Bertz CT molecular complexity index is 78.8. The minimum Gasteiger partial charge on any atom is -0.301 e. The summed E-state index contributed by atoms with van der Waals surface area (Å²) in [6, 6.07) is 0.552. The molecular formula is C5H10ClNS. The first kappa shape index (κ1) is 6.72. The van der Waals surface area contributed by atoms with Crippen molar-refractivity contribution in [2.75, 3.05) is 11.6 Å². The highest BCUT2D eigenvalue weighted by molar-refractivity contribution is 8.00. The Hall–Kier alpha value is 0.600. The molecule has 0 aromatic rings. The van der Waals surface area contributed by atoms with Crippen LogP contribution in [0.5, 0.6) is 0 Å². The first-order valence-electron chi connectivity index (χ1n) is 2.76. The lowest BCUT2D eigenvalue weighted by atomic mass is 10.4. The van der Waals surface area contributed by atoms with Crippen LogP contribution >= 0.6 is 23.4 Å². The van der Waals surface area contributed by atoms with Crippen LogP contribution in [0.1, 0.15) is 6.92 Å². The lowest BCUT2D eigenvalue weighted by molar-refractivity contribution is 0.630. The standard InChI is InChI=1S/C5H10ClNS/c1-4-7-5(2-6)3-8-4/h4-5,7H,2-3H2,1H3. The summed E-state index contributed by atoms with van der Waals surface area (Å²) in [6.07, 6.45) is 0. The molecule has 8 heavy (non-hydrogen) atoms. The van der Waals surface area contributed by atoms with Crippen LogP contribution in [0.3, 0.4) is 0 Å². The fraction of sp³-hybridized carbons (Fsp3) is 1.00. The molecule has 0 aromatic heterocycles. The first-order valence-corrected chi connectivity index (χ1v) is 4.35. The third-order valence-electron chi connectivity index (χ3n) is 1.20. The van der Waals surface area contributed by atoms with Crippen LogP contribution < -0.4 is 5.32 Å². The molecule has 0 spiro atoms. The number of rotatable bonds is 1. The fourth-order valence-electron chi connectivity index (χ4n) is 0.778. The molecule has 0 saturated carbocycles. The van der Waals surface area contributed by atoms with E-state index in [9.17, 15) is 0 Å². The van der Waals surface area contributed by atoms with Gasteiger partial charge in [-0.2, -0.15) is 0 Å². The number of hydrogen-bond acceptors (Lipinski definition) is 2. The van der Waals surface area contributed by atoms with Crippen molar-refractivity contribution in [1.82, 2.24) is 5.32 Å². The molecule has 1 saturated heterocycles. The SMILES string of the molecule is CC1NC(CCl)CS1. The molecule has 48 valence electrons. The minimum absolute atomic E-state index is 0.552. The van der Waals surface area contributed by atoms with E-state index in [1.165, 1.54) is 5.75 Å². The van der Waals surface area contributed by atoms with Gasteiger partial charge in [0.25, 0.3) is 0 Å². The number of thioether (sulfide) groups is 1. The molecule has 0 aromatic carbocycles. The molecule has 1 N–H and O–H groups in total. The average molecular weight is 152 g/mol. The van der Waals surface area contributed by atoms with Gasteiger partial charge in [-0.3, -0.25) is 0 Å². The molecule has 2 unspecified atom stereocenters. The molecule has 1 heterocycles. The zero-order valence-electron chi connectivity index (χ0n) is 4.86. The highest BCUT2D eigenvalue weighted by Gasteiger charge is 2.18. The summed E-state index contributed by atoms with van der Waals surface area (Å²) in [5.74, 6) is 1.92. The molecule has 0 amide bonds. The molecule has 1 rings (SSSR count). The first-order chi connectivity index (χ1) is 3.83. The van der Waals surface area contributed by atoms with Gasteiger partial charge in [0, 0.05) is 17.7 Å². The zero-order valence-corrected chi connectivity index (χ0v) is 6.43. The maximum absolute atomic E-state index is 5.60. The molecule has 1 aliphatic rings. The molecule has 1 fully saturated rings. The maximum atomic E-state index is 5.60. The number of halogens is 1. The second kappa shape index (κ2) is 2.95. The van der Waals surface area contributed by atoms with Crippen LogP contribution in [0.25, 0.3) is 0 Å². The largest absolute Gasteiger partial charge is 0.301 e. The van der Waals surface area contributed by atoms with E-state index < -0.39 is 0 Å². The Balaban J connectivity index is 2.22. The fourth-order valence-corrected chi connectivity index (χ4v) is 2.13. The Morgan fingerprint density at radius 3 is 2.88 bits per heavy atom. The number of hydrogen-bond donors (Lipinski definition) is 1. The van der Waals surface area contributed by atoms with Gasteiger partial charge in [0.15, 0.2) is 0 Å². The predicted molar refractivity (Wildman–Crippen MR) is 39.6 cm³/mol. The van der Waals surface area contributed by atoms with Crippen LogP contribution in [0.2, 0.25) is 0 Å². The Morgan fingerprint density at radius 2 is 2.62 bits per heavy atom. The van der Waals surface area contributed by atoms with Crippen LogP contribution in [0.15, 0.2) is 0 Å². The van der Waals surface area contributed by atoms with Crippen LogP contribution in [0, 0.1) is 0 Å².